The highest BCUT2D eigenvalue weighted by Gasteiger charge is 2.35. The molecule has 0 radical (unpaired) electrons. The second-order valence-electron chi connectivity index (χ2n) is 4.21. The standard InChI is InChI=1S/C12H10BrF3N4O2/c1-6(22-8-4-2-7(13)3-5-8)9(21)17-11-18-10(19-20-11)12(14,15)16/h2-6H,1H3,(H2,17,18,19,20,21). The molecule has 22 heavy (non-hydrogen) atoms. The Labute approximate surface area is 131 Å². The van der Waals surface area contributed by atoms with Gasteiger partial charge in [0.05, 0.1) is 0 Å². The molecule has 2 N–H and O–H groups in total. The molecule has 1 aromatic carbocycles. The molecule has 0 spiro atoms. The lowest BCUT2D eigenvalue weighted by atomic mass is 10.3. The van der Waals surface area contributed by atoms with E-state index in [1.54, 1.807) is 29.4 Å². The third kappa shape index (κ3) is 4.20. The minimum absolute atomic E-state index is 0.441. The van der Waals surface area contributed by atoms with E-state index in [0.717, 1.165) is 4.47 Å². The molecule has 1 heterocycles. The first kappa shape index (κ1) is 16.3. The fourth-order valence-corrected chi connectivity index (χ4v) is 1.69. The number of aromatic nitrogens is 3. The summed E-state index contributed by atoms with van der Waals surface area (Å²) in [5.74, 6) is -1.99. The molecule has 1 atom stereocenters. The normalized spacial score (nSPS) is 12.8. The number of carbonyl (C=O) groups is 1. The summed E-state index contributed by atoms with van der Waals surface area (Å²) in [6, 6.07) is 6.74. The number of H-pyrrole nitrogens is 1. The minimum atomic E-state index is -4.66. The summed E-state index contributed by atoms with van der Waals surface area (Å²) in [5, 5.41) is 7.11. The lowest BCUT2D eigenvalue weighted by Gasteiger charge is -2.13. The molecule has 0 aliphatic carbocycles. The van der Waals surface area contributed by atoms with Crippen molar-refractivity contribution in [2.45, 2.75) is 19.2 Å². The van der Waals surface area contributed by atoms with Gasteiger partial charge in [-0.25, -0.2) is 0 Å². The lowest BCUT2D eigenvalue weighted by molar-refractivity contribution is -0.144. The Bertz CT molecular complexity index is 657. The average Bonchev–Trinajstić information content (AvgIpc) is 2.90. The van der Waals surface area contributed by atoms with Crippen LogP contribution < -0.4 is 10.1 Å². The maximum atomic E-state index is 12.3. The number of amides is 1. The van der Waals surface area contributed by atoms with Gasteiger partial charge in [0.2, 0.25) is 11.8 Å². The predicted octanol–water partition coefficient (Wildman–Crippen LogP) is 2.99. The van der Waals surface area contributed by atoms with E-state index in [0.29, 0.717) is 5.75 Å². The molecule has 0 aliphatic rings. The van der Waals surface area contributed by atoms with Crippen molar-refractivity contribution in [2.24, 2.45) is 0 Å². The first-order valence-electron chi connectivity index (χ1n) is 5.98. The number of rotatable bonds is 4. The van der Waals surface area contributed by atoms with Crippen molar-refractivity contribution in [2.75, 3.05) is 5.32 Å². The number of hydrogen-bond donors (Lipinski definition) is 2. The summed E-state index contributed by atoms with van der Waals surface area (Å²) in [7, 11) is 0. The zero-order valence-corrected chi connectivity index (χ0v) is 12.7. The molecule has 2 rings (SSSR count). The summed E-state index contributed by atoms with van der Waals surface area (Å²) in [5.41, 5.74) is 0. The van der Waals surface area contributed by atoms with Crippen LogP contribution in [0.25, 0.3) is 0 Å². The van der Waals surface area contributed by atoms with Gasteiger partial charge in [-0.05, 0) is 31.2 Å². The van der Waals surface area contributed by atoms with Crippen LogP contribution in [0.4, 0.5) is 19.1 Å². The molecule has 2 aromatic rings. The van der Waals surface area contributed by atoms with Crippen LogP contribution in [-0.4, -0.2) is 27.2 Å². The van der Waals surface area contributed by atoms with Crippen molar-refractivity contribution in [1.29, 1.82) is 0 Å². The van der Waals surface area contributed by atoms with Gasteiger partial charge < -0.3 is 4.74 Å². The highest BCUT2D eigenvalue weighted by Crippen LogP contribution is 2.26. The van der Waals surface area contributed by atoms with Crippen LogP contribution in [0.3, 0.4) is 0 Å². The van der Waals surface area contributed by atoms with Gasteiger partial charge >= 0.3 is 6.18 Å². The highest BCUT2D eigenvalue weighted by atomic mass is 79.9. The number of nitrogens with zero attached hydrogens (tertiary/aromatic N) is 2. The maximum Gasteiger partial charge on any atom is 0.451 e. The topological polar surface area (TPSA) is 79.9 Å². The SMILES string of the molecule is CC(Oc1ccc(Br)cc1)C(=O)Nc1n[nH]c(C(F)(F)F)n1. The van der Waals surface area contributed by atoms with Crippen LogP contribution in [-0.2, 0) is 11.0 Å². The van der Waals surface area contributed by atoms with Crippen molar-refractivity contribution in [1.82, 2.24) is 15.2 Å². The first-order valence-corrected chi connectivity index (χ1v) is 6.77. The van der Waals surface area contributed by atoms with Crippen molar-refractivity contribution in [3.63, 3.8) is 0 Å². The van der Waals surface area contributed by atoms with E-state index < -0.39 is 30.0 Å². The molecule has 0 bridgehead atoms. The van der Waals surface area contributed by atoms with E-state index in [1.165, 1.54) is 6.92 Å². The largest absolute Gasteiger partial charge is 0.481 e. The monoisotopic (exact) mass is 378 g/mol. The molecule has 0 saturated carbocycles. The minimum Gasteiger partial charge on any atom is -0.481 e. The Morgan fingerprint density at radius 2 is 2.00 bits per heavy atom. The predicted molar refractivity (Wildman–Crippen MR) is 74.2 cm³/mol. The number of alkyl halides is 3. The van der Waals surface area contributed by atoms with Gasteiger partial charge in [0.25, 0.3) is 5.91 Å². The van der Waals surface area contributed by atoms with E-state index in [1.807, 2.05) is 0 Å². The van der Waals surface area contributed by atoms with Gasteiger partial charge in [0.1, 0.15) is 5.75 Å². The fraction of sp³-hybridized carbons (Fsp3) is 0.250. The Morgan fingerprint density at radius 1 is 1.36 bits per heavy atom. The van der Waals surface area contributed by atoms with Crippen LogP contribution in [0.15, 0.2) is 28.7 Å². The smallest absolute Gasteiger partial charge is 0.451 e. The number of ether oxygens (including phenoxy) is 1. The lowest BCUT2D eigenvalue weighted by Crippen LogP contribution is -2.30. The van der Waals surface area contributed by atoms with Crippen molar-refractivity contribution >= 4 is 27.8 Å². The number of carbonyl (C=O) groups excluding carboxylic acids is 1. The van der Waals surface area contributed by atoms with Gasteiger partial charge in [-0.2, -0.15) is 18.2 Å². The number of nitrogens with one attached hydrogen (secondary N) is 2. The zero-order chi connectivity index (χ0) is 16.3. The summed E-state index contributed by atoms with van der Waals surface area (Å²) >= 11 is 3.26. The van der Waals surface area contributed by atoms with E-state index >= 15 is 0 Å². The quantitative estimate of drug-likeness (QED) is 0.856. The fourth-order valence-electron chi connectivity index (χ4n) is 1.43. The molecule has 1 unspecified atom stereocenters. The molecule has 1 amide bonds. The van der Waals surface area contributed by atoms with Crippen LogP contribution >= 0.6 is 15.9 Å². The Hall–Kier alpha value is -2.10. The molecule has 1 aromatic heterocycles. The highest BCUT2D eigenvalue weighted by molar-refractivity contribution is 9.10. The van der Waals surface area contributed by atoms with E-state index in [4.69, 9.17) is 4.74 Å². The summed E-state index contributed by atoms with van der Waals surface area (Å²) in [4.78, 5) is 15.0. The second kappa shape index (κ2) is 6.34. The van der Waals surface area contributed by atoms with Gasteiger partial charge in [0, 0.05) is 4.47 Å². The van der Waals surface area contributed by atoms with Gasteiger partial charge in [0.15, 0.2) is 6.10 Å². The molecular weight excluding hydrogens is 369 g/mol. The molecule has 0 fully saturated rings. The van der Waals surface area contributed by atoms with Crippen LogP contribution in [0.5, 0.6) is 5.75 Å². The third-order valence-corrected chi connectivity index (χ3v) is 3.01. The van der Waals surface area contributed by atoms with Gasteiger partial charge in [-0.3, -0.25) is 15.2 Å². The number of hydrogen-bond acceptors (Lipinski definition) is 4. The Kier molecular flexibility index (Phi) is 4.69. The molecule has 10 heteroatoms. The molecule has 118 valence electrons. The van der Waals surface area contributed by atoms with Crippen LogP contribution in [0.1, 0.15) is 12.7 Å². The number of anilines is 1. The van der Waals surface area contributed by atoms with E-state index in [2.05, 4.69) is 31.3 Å². The zero-order valence-electron chi connectivity index (χ0n) is 11.1. The number of aromatic amines is 1. The van der Waals surface area contributed by atoms with Crippen LogP contribution in [0, 0.1) is 0 Å². The van der Waals surface area contributed by atoms with Crippen molar-refractivity contribution < 1.29 is 22.7 Å². The van der Waals surface area contributed by atoms with Gasteiger partial charge in [-0.1, -0.05) is 15.9 Å². The Morgan fingerprint density at radius 3 is 2.55 bits per heavy atom. The molecule has 0 saturated heterocycles. The van der Waals surface area contributed by atoms with Crippen molar-refractivity contribution in [3.05, 3.63) is 34.6 Å². The molecule has 6 nitrogen and oxygen atoms in total. The van der Waals surface area contributed by atoms with E-state index in [9.17, 15) is 18.0 Å². The Balaban J connectivity index is 1.96. The summed E-state index contributed by atoms with van der Waals surface area (Å²) in [6.45, 7) is 1.45. The third-order valence-electron chi connectivity index (χ3n) is 2.48. The maximum absolute atomic E-state index is 12.3. The second-order valence-corrected chi connectivity index (χ2v) is 5.12. The van der Waals surface area contributed by atoms with E-state index in [-0.39, 0.29) is 0 Å². The van der Waals surface area contributed by atoms with Crippen LogP contribution in [0.2, 0.25) is 0 Å². The first-order chi connectivity index (χ1) is 10.3. The summed E-state index contributed by atoms with van der Waals surface area (Å²) in [6.07, 6.45) is -5.59. The number of halogens is 4. The average molecular weight is 379 g/mol. The van der Waals surface area contributed by atoms with Gasteiger partial charge in [-0.15, -0.1) is 5.10 Å². The molecule has 0 aliphatic heterocycles. The van der Waals surface area contributed by atoms with Crippen molar-refractivity contribution in [3.8, 4) is 5.75 Å². The molecular formula is C12H10BrF3N4O2. The summed E-state index contributed by atoms with van der Waals surface area (Å²) < 4.78 is 43.2. The number of benzene rings is 1.